The fraction of sp³-hybridized carbons (Fsp3) is 0.889. The van der Waals surface area contributed by atoms with Crippen LogP contribution in [0.1, 0.15) is 13.3 Å². The second-order valence-electron chi connectivity index (χ2n) is 3.15. The van der Waals surface area contributed by atoms with Crippen LogP contribution in [0.5, 0.6) is 0 Å². The summed E-state index contributed by atoms with van der Waals surface area (Å²) in [5.41, 5.74) is 0. The maximum absolute atomic E-state index is 11.0. The Labute approximate surface area is 128 Å². The van der Waals surface area contributed by atoms with Crippen LogP contribution < -0.4 is 5.32 Å². The number of piperazine rings is 1. The van der Waals surface area contributed by atoms with Gasteiger partial charge in [-0.1, -0.05) is 0 Å². The van der Waals surface area contributed by atoms with Crippen LogP contribution in [0, 0.1) is 0 Å². The van der Waals surface area contributed by atoms with Gasteiger partial charge >= 0.3 is 5.97 Å². The summed E-state index contributed by atoms with van der Waals surface area (Å²) in [5, 5.41) is 3.27. The molecule has 0 aromatic rings. The molecule has 0 bridgehead atoms. The predicted octanol–water partition coefficient (Wildman–Crippen LogP) is 1.53. The van der Waals surface area contributed by atoms with E-state index < -0.39 is 0 Å². The van der Waals surface area contributed by atoms with E-state index in [9.17, 15) is 4.79 Å². The number of carbonyl (C=O) groups excluding carboxylic acids is 1. The Morgan fingerprint density at radius 2 is 1.71 bits per heavy atom. The summed E-state index contributed by atoms with van der Waals surface area (Å²) < 4.78 is 4.85. The highest BCUT2D eigenvalue weighted by molar-refractivity contribution is 5.86. The maximum atomic E-state index is 11.0. The first-order valence-corrected chi connectivity index (χ1v) is 4.91. The first-order valence-electron chi connectivity index (χ1n) is 4.91. The van der Waals surface area contributed by atoms with Gasteiger partial charge in [0.05, 0.1) is 13.0 Å². The molecule has 4 nitrogen and oxygen atoms in total. The third-order valence-corrected chi connectivity index (χ3v) is 2.15. The molecule has 0 spiro atoms. The number of nitrogens with one attached hydrogen (secondary N) is 1. The van der Waals surface area contributed by atoms with Crippen molar-refractivity contribution >= 4 is 55.6 Å². The quantitative estimate of drug-likeness (QED) is 0.793. The molecule has 0 amide bonds. The molecule has 1 aliphatic heterocycles. The van der Waals surface area contributed by atoms with Crippen LogP contribution in [0.25, 0.3) is 0 Å². The van der Waals surface area contributed by atoms with Gasteiger partial charge in [-0.25, -0.2) is 0 Å². The van der Waals surface area contributed by atoms with Gasteiger partial charge in [0.2, 0.25) is 0 Å². The number of hydrogen-bond acceptors (Lipinski definition) is 4. The number of ether oxygens (including phenoxy) is 1. The van der Waals surface area contributed by atoms with Crippen molar-refractivity contribution < 1.29 is 9.53 Å². The van der Waals surface area contributed by atoms with Crippen LogP contribution in [0.15, 0.2) is 0 Å². The molecular weight excluding hydrogens is 310 g/mol. The lowest BCUT2D eigenvalue weighted by Crippen LogP contribution is -2.44. The van der Waals surface area contributed by atoms with Gasteiger partial charge in [-0.15, -0.1) is 49.6 Å². The lowest BCUT2D eigenvalue weighted by atomic mass is 10.3. The van der Waals surface area contributed by atoms with Crippen molar-refractivity contribution in [1.82, 2.24) is 10.2 Å². The van der Waals surface area contributed by atoms with Crippen molar-refractivity contribution in [1.29, 1.82) is 0 Å². The first-order chi connectivity index (χ1) is 6.33. The zero-order valence-electron chi connectivity index (χ0n) is 9.85. The van der Waals surface area contributed by atoms with E-state index in [2.05, 4.69) is 10.2 Å². The Bertz CT molecular complexity index is 169. The summed E-state index contributed by atoms with van der Waals surface area (Å²) in [7, 11) is 0. The second-order valence-corrected chi connectivity index (χ2v) is 3.15. The summed E-state index contributed by atoms with van der Waals surface area (Å²) in [6.07, 6.45) is 0.522. The van der Waals surface area contributed by atoms with Crippen LogP contribution in [0.4, 0.5) is 0 Å². The fourth-order valence-corrected chi connectivity index (χ4v) is 1.42. The Morgan fingerprint density at radius 3 is 2.18 bits per heavy atom. The predicted molar refractivity (Wildman–Crippen MR) is 79.6 cm³/mol. The van der Waals surface area contributed by atoms with E-state index in [0.29, 0.717) is 13.0 Å². The van der Waals surface area contributed by atoms with Crippen LogP contribution in [0.3, 0.4) is 0 Å². The molecule has 0 aliphatic carbocycles. The van der Waals surface area contributed by atoms with Gasteiger partial charge in [-0.2, -0.15) is 0 Å². The maximum Gasteiger partial charge on any atom is 0.307 e. The zero-order valence-corrected chi connectivity index (χ0v) is 13.1. The number of hydrogen-bond donors (Lipinski definition) is 1. The Morgan fingerprint density at radius 1 is 1.18 bits per heavy atom. The normalized spacial score (nSPS) is 14.2. The van der Waals surface area contributed by atoms with E-state index in [0.717, 1.165) is 32.7 Å². The van der Waals surface area contributed by atoms with Gasteiger partial charge in [-0.05, 0) is 6.92 Å². The van der Waals surface area contributed by atoms with Crippen molar-refractivity contribution in [2.24, 2.45) is 0 Å². The largest absolute Gasteiger partial charge is 0.466 e. The van der Waals surface area contributed by atoms with Crippen LogP contribution in [-0.2, 0) is 9.53 Å². The van der Waals surface area contributed by atoms with Gasteiger partial charge in [0.15, 0.2) is 0 Å². The SMILES string of the molecule is CCOC(=O)CCN1CCNCC1.Cl.Cl.Cl.Cl. The van der Waals surface area contributed by atoms with Gasteiger partial charge in [0, 0.05) is 32.7 Å². The van der Waals surface area contributed by atoms with E-state index >= 15 is 0 Å². The molecule has 0 atom stereocenters. The van der Waals surface area contributed by atoms with E-state index in [1.165, 1.54) is 0 Å². The van der Waals surface area contributed by atoms with Crippen molar-refractivity contribution in [2.45, 2.75) is 13.3 Å². The first kappa shape index (κ1) is 26.2. The third kappa shape index (κ3) is 12.8. The van der Waals surface area contributed by atoms with Crippen LogP contribution >= 0.6 is 49.6 Å². The minimum absolute atomic E-state index is 0. The number of nitrogens with zero attached hydrogens (tertiary/aromatic N) is 1. The highest BCUT2D eigenvalue weighted by atomic mass is 35.5. The number of esters is 1. The second kappa shape index (κ2) is 16.6. The van der Waals surface area contributed by atoms with E-state index in [1.54, 1.807) is 0 Å². The minimum atomic E-state index is -0.0824. The van der Waals surface area contributed by atoms with Crippen molar-refractivity contribution in [3.05, 3.63) is 0 Å². The zero-order chi connectivity index (χ0) is 9.52. The number of carbonyl (C=O) groups is 1. The lowest BCUT2D eigenvalue weighted by Gasteiger charge is -2.26. The molecule has 1 rings (SSSR count). The summed E-state index contributed by atoms with van der Waals surface area (Å²) in [4.78, 5) is 13.3. The Balaban J connectivity index is -0.000000211. The van der Waals surface area contributed by atoms with Crippen LogP contribution in [0.2, 0.25) is 0 Å². The van der Waals surface area contributed by atoms with E-state index in [-0.39, 0.29) is 55.6 Å². The monoisotopic (exact) mass is 330 g/mol. The van der Waals surface area contributed by atoms with Crippen LogP contribution in [-0.4, -0.2) is 50.2 Å². The van der Waals surface area contributed by atoms with Gasteiger partial charge in [0.1, 0.15) is 0 Å². The van der Waals surface area contributed by atoms with Gasteiger partial charge in [-0.3, -0.25) is 4.79 Å². The summed E-state index contributed by atoms with van der Waals surface area (Å²) in [6, 6.07) is 0. The molecule has 0 saturated carbocycles. The third-order valence-electron chi connectivity index (χ3n) is 2.15. The summed E-state index contributed by atoms with van der Waals surface area (Å²) in [5.74, 6) is -0.0824. The van der Waals surface area contributed by atoms with Gasteiger partial charge in [0.25, 0.3) is 0 Å². The highest BCUT2D eigenvalue weighted by Crippen LogP contribution is 1.95. The van der Waals surface area contributed by atoms with Crippen molar-refractivity contribution in [2.75, 3.05) is 39.3 Å². The molecular formula is C9H22Cl4N2O2. The summed E-state index contributed by atoms with van der Waals surface area (Å²) >= 11 is 0. The molecule has 17 heavy (non-hydrogen) atoms. The smallest absolute Gasteiger partial charge is 0.307 e. The fourth-order valence-electron chi connectivity index (χ4n) is 1.42. The average Bonchev–Trinajstić information content (AvgIpc) is 2.17. The summed E-state index contributed by atoms with van der Waals surface area (Å²) in [6.45, 7) is 7.30. The molecule has 1 aliphatic rings. The van der Waals surface area contributed by atoms with E-state index in [1.807, 2.05) is 6.92 Å². The molecule has 1 saturated heterocycles. The lowest BCUT2D eigenvalue weighted by molar-refractivity contribution is -0.143. The Hall–Kier alpha value is 0.550. The number of rotatable bonds is 4. The Kier molecular flexibility index (Phi) is 25.5. The highest BCUT2D eigenvalue weighted by Gasteiger charge is 2.11. The molecule has 1 fully saturated rings. The topological polar surface area (TPSA) is 41.6 Å². The van der Waals surface area contributed by atoms with Gasteiger partial charge < -0.3 is 15.0 Å². The molecule has 108 valence electrons. The molecule has 1 N–H and O–H groups in total. The average molecular weight is 332 g/mol. The van der Waals surface area contributed by atoms with Crippen molar-refractivity contribution in [3.8, 4) is 0 Å². The minimum Gasteiger partial charge on any atom is -0.466 e. The standard InChI is InChI=1S/C9H18N2O2.4ClH/c1-2-13-9(12)3-6-11-7-4-10-5-8-11;;;;/h10H,2-8H2,1H3;4*1H. The molecule has 0 unspecified atom stereocenters. The molecule has 0 aromatic carbocycles. The van der Waals surface area contributed by atoms with E-state index in [4.69, 9.17) is 4.74 Å². The molecule has 8 heteroatoms. The molecule has 1 heterocycles. The van der Waals surface area contributed by atoms with Crippen molar-refractivity contribution in [3.63, 3.8) is 0 Å². The molecule has 0 radical (unpaired) electrons. The number of halogens is 4. The molecule has 0 aromatic heterocycles.